The first kappa shape index (κ1) is 21.4. The van der Waals surface area contributed by atoms with Gasteiger partial charge < -0.3 is 5.32 Å². The molecule has 0 radical (unpaired) electrons. The topological polar surface area (TPSA) is 66.5 Å². The fourth-order valence-corrected chi connectivity index (χ4v) is 5.12. The number of anilines is 1. The molecule has 29 heavy (non-hydrogen) atoms. The minimum Gasteiger partial charge on any atom is -0.348 e. The summed E-state index contributed by atoms with van der Waals surface area (Å²) in [6, 6.07) is 10.7. The maximum absolute atomic E-state index is 13.0. The van der Waals surface area contributed by atoms with E-state index >= 15 is 0 Å². The molecule has 2 aromatic carbocycles. The molecule has 0 unspecified atom stereocenters. The third-order valence-corrected chi connectivity index (χ3v) is 7.06. The van der Waals surface area contributed by atoms with Crippen LogP contribution in [0.1, 0.15) is 54.1 Å². The van der Waals surface area contributed by atoms with Gasteiger partial charge in [-0.2, -0.15) is 0 Å². The molecule has 1 N–H and O–H groups in total. The highest BCUT2D eigenvalue weighted by molar-refractivity contribution is 7.92. The van der Waals surface area contributed by atoms with Crippen LogP contribution < -0.4 is 9.62 Å². The van der Waals surface area contributed by atoms with Crippen molar-refractivity contribution in [1.29, 1.82) is 0 Å². The molecule has 0 aromatic heterocycles. The van der Waals surface area contributed by atoms with Gasteiger partial charge in [0.2, 0.25) is 15.9 Å². The zero-order chi connectivity index (χ0) is 21.3. The molecule has 1 amide bonds. The number of sulfonamides is 1. The average Bonchev–Trinajstić information content (AvgIpc) is 3.11. The van der Waals surface area contributed by atoms with Gasteiger partial charge in [-0.25, -0.2) is 8.42 Å². The van der Waals surface area contributed by atoms with Crippen molar-refractivity contribution < 1.29 is 13.2 Å². The van der Waals surface area contributed by atoms with Crippen LogP contribution in [0, 0.1) is 13.8 Å². The van der Waals surface area contributed by atoms with Crippen molar-refractivity contribution in [2.45, 2.75) is 59.0 Å². The van der Waals surface area contributed by atoms with E-state index in [1.165, 1.54) is 21.9 Å². The molecule has 2 atom stereocenters. The normalized spacial score (nSPS) is 15.5. The van der Waals surface area contributed by atoms with E-state index in [2.05, 4.69) is 23.5 Å². The van der Waals surface area contributed by atoms with E-state index in [0.29, 0.717) is 5.69 Å². The van der Waals surface area contributed by atoms with Crippen LogP contribution in [-0.4, -0.2) is 26.6 Å². The molecule has 5 nitrogen and oxygen atoms in total. The molecule has 1 aliphatic rings. The van der Waals surface area contributed by atoms with E-state index in [1.54, 1.807) is 13.0 Å². The van der Waals surface area contributed by atoms with Crippen molar-refractivity contribution in [3.63, 3.8) is 0 Å². The Kier molecular flexibility index (Phi) is 6.03. The van der Waals surface area contributed by atoms with Gasteiger partial charge in [-0.15, -0.1) is 0 Å². The molecule has 0 saturated carbocycles. The van der Waals surface area contributed by atoms with Gasteiger partial charge in [-0.1, -0.05) is 24.3 Å². The van der Waals surface area contributed by atoms with Gasteiger partial charge in [0.15, 0.2) is 0 Å². The lowest BCUT2D eigenvalue weighted by atomic mass is 10.0. The Hall–Kier alpha value is -2.34. The van der Waals surface area contributed by atoms with Crippen molar-refractivity contribution in [3.8, 4) is 0 Å². The van der Waals surface area contributed by atoms with E-state index in [9.17, 15) is 13.2 Å². The summed E-state index contributed by atoms with van der Waals surface area (Å²) >= 11 is 0. The summed E-state index contributed by atoms with van der Waals surface area (Å²) in [5.41, 5.74) is 6.34. The van der Waals surface area contributed by atoms with Gasteiger partial charge in [0.25, 0.3) is 0 Å². The summed E-state index contributed by atoms with van der Waals surface area (Å²) in [5, 5.41) is 2.99. The van der Waals surface area contributed by atoms with Gasteiger partial charge in [-0.05, 0) is 86.9 Å². The second kappa shape index (κ2) is 8.19. The largest absolute Gasteiger partial charge is 0.348 e. The minimum absolute atomic E-state index is 0.197. The van der Waals surface area contributed by atoms with Crippen molar-refractivity contribution in [1.82, 2.24) is 5.32 Å². The number of rotatable bonds is 6. The van der Waals surface area contributed by atoms with Crippen LogP contribution in [0.25, 0.3) is 0 Å². The monoisotopic (exact) mass is 414 g/mol. The Morgan fingerprint density at radius 1 is 1.00 bits per heavy atom. The Balaban J connectivity index is 1.81. The minimum atomic E-state index is -3.63. The van der Waals surface area contributed by atoms with Gasteiger partial charge in [0.1, 0.15) is 6.04 Å². The molecule has 2 aromatic rings. The zero-order valence-electron chi connectivity index (χ0n) is 17.8. The second-order valence-corrected chi connectivity index (χ2v) is 9.97. The highest BCUT2D eigenvalue weighted by atomic mass is 32.2. The Labute approximate surface area is 174 Å². The van der Waals surface area contributed by atoms with Crippen LogP contribution in [-0.2, 0) is 27.7 Å². The predicted octanol–water partition coefficient (Wildman–Crippen LogP) is 3.82. The van der Waals surface area contributed by atoms with Crippen molar-refractivity contribution in [3.05, 3.63) is 64.2 Å². The first-order chi connectivity index (χ1) is 13.6. The molecular weight excluding hydrogens is 384 g/mol. The lowest BCUT2D eigenvalue weighted by Gasteiger charge is -2.29. The molecule has 0 fully saturated rings. The fraction of sp³-hybridized carbons (Fsp3) is 0.435. The zero-order valence-corrected chi connectivity index (χ0v) is 18.6. The lowest BCUT2D eigenvalue weighted by Crippen LogP contribution is -2.48. The van der Waals surface area contributed by atoms with Crippen LogP contribution >= 0.6 is 0 Å². The quantitative estimate of drug-likeness (QED) is 0.781. The van der Waals surface area contributed by atoms with Crippen LogP contribution in [0.5, 0.6) is 0 Å². The van der Waals surface area contributed by atoms with E-state index < -0.39 is 16.1 Å². The number of carbonyl (C=O) groups is 1. The Morgan fingerprint density at radius 3 is 2.34 bits per heavy atom. The predicted molar refractivity (Wildman–Crippen MR) is 118 cm³/mol. The molecule has 3 rings (SSSR count). The molecular formula is C23H30N2O3S. The van der Waals surface area contributed by atoms with E-state index in [0.717, 1.165) is 35.8 Å². The first-order valence-corrected chi connectivity index (χ1v) is 11.9. The summed E-state index contributed by atoms with van der Waals surface area (Å²) in [7, 11) is -3.63. The summed E-state index contributed by atoms with van der Waals surface area (Å²) in [6.45, 7) is 7.46. The van der Waals surface area contributed by atoms with Crippen molar-refractivity contribution >= 4 is 21.6 Å². The molecule has 156 valence electrons. The first-order valence-electron chi connectivity index (χ1n) is 10.1. The molecule has 6 heteroatoms. The summed E-state index contributed by atoms with van der Waals surface area (Å²) in [5.74, 6) is -0.318. The molecule has 1 aliphatic carbocycles. The average molecular weight is 415 g/mol. The maximum Gasteiger partial charge on any atom is 0.244 e. The molecule has 0 bridgehead atoms. The number of aryl methyl sites for hydroxylation is 4. The number of fused-ring (bicyclic) bond motifs is 1. The van der Waals surface area contributed by atoms with E-state index in [-0.39, 0.29) is 11.9 Å². The number of hydrogen-bond acceptors (Lipinski definition) is 3. The van der Waals surface area contributed by atoms with Crippen molar-refractivity contribution in [2.75, 3.05) is 10.6 Å². The van der Waals surface area contributed by atoms with Crippen molar-refractivity contribution in [2.24, 2.45) is 0 Å². The second-order valence-electron chi connectivity index (χ2n) is 8.12. The van der Waals surface area contributed by atoms with Gasteiger partial charge in [-0.3, -0.25) is 9.10 Å². The fourth-order valence-electron chi connectivity index (χ4n) is 3.95. The number of hydrogen-bond donors (Lipinski definition) is 1. The third-order valence-electron chi connectivity index (χ3n) is 5.81. The van der Waals surface area contributed by atoms with Crippen LogP contribution in [0.2, 0.25) is 0 Å². The summed E-state index contributed by atoms with van der Waals surface area (Å²) < 4.78 is 26.2. The molecule has 0 spiro atoms. The van der Waals surface area contributed by atoms with E-state index in [1.807, 2.05) is 32.9 Å². The van der Waals surface area contributed by atoms with Gasteiger partial charge >= 0.3 is 0 Å². The number of nitrogens with one attached hydrogen (secondary N) is 1. The maximum atomic E-state index is 13.0. The van der Waals surface area contributed by atoms with Crippen LogP contribution in [0.3, 0.4) is 0 Å². The summed E-state index contributed by atoms with van der Waals surface area (Å²) in [4.78, 5) is 13.0. The van der Waals surface area contributed by atoms with E-state index in [4.69, 9.17) is 0 Å². The Bertz CT molecular complexity index is 1030. The number of amides is 1. The number of carbonyl (C=O) groups excluding carboxylic acids is 1. The van der Waals surface area contributed by atoms with Crippen LogP contribution in [0.15, 0.2) is 36.4 Å². The van der Waals surface area contributed by atoms with Gasteiger partial charge in [0, 0.05) is 0 Å². The highest BCUT2D eigenvalue weighted by Crippen LogP contribution is 2.27. The van der Waals surface area contributed by atoms with Gasteiger partial charge in [0.05, 0.1) is 18.0 Å². The third kappa shape index (κ3) is 4.64. The summed E-state index contributed by atoms with van der Waals surface area (Å²) in [6.07, 6.45) is 4.51. The van der Waals surface area contributed by atoms with Crippen LogP contribution in [0.4, 0.5) is 5.69 Å². The smallest absolute Gasteiger partial charge is 0.244 e. The Morgan fingerprint density at radius 2 is 1.69 bits per heavy atom. The number of nitrogens with zero attached hydrogens (tertiary/aromatic N) is 1. The molecule has 0 aliphatic heterocycles. The lowest BCUT2D eigenvalue weighted by molar-refractivity contribution is -0.122. The molecule has 0 heterocycles. The number of benzene rings is 2. The highest BCUT2D eigenvalue weighted by Gasteiger charge is 2.30. The molecule has 0 saturated heterocycles. The SMILES string of the molecule is Cc1ccc(N([C@@H](C)C(=O)N[C@@H](C)c2ccc3c(c2)CCC3)S(C)(=O)=O)cc1C. The standard InChI is InChI=1S/C23H30N2O3S/c1-15-9-12-22(13-16(15)2)25(29(5,27)28)18(4)23(26)24-17(3)20-11-10-19-7-6-8-21(19)14-20/h9-14,17-18H,6-8H2,1-5H3,(H,24,26)/t17-,18-/m0/s1.